The standard InChI is InChI=1S/C74H48BN3/c1-5-17-49(18-6-1)53-29-35-61(36-30-53)76-68-39-33-59(51-21-9-3-10-22-51)43-66(68)75-67-44-60(52-23-11-4-12-24-52)34-40-69(67)77(62-37-31-54(32-38-62)50-19-7-2-8-20-50)73-48-63(47-72(76)74(73)75)78-70-45-57-27-15-13-25-55(57)41-64(70)65-42-56-26-14-16-28-58(56)46-71(65)78/h1-48H. The van der Waals surface area contributed by atoms with Gasteiger partial charge in [0, 0.05) is 44.9 Å². The molecule has 2 aliphatic rings. The number of nitrogens with zero attached hydrogens (tertiary/aromatic N) is 3. The van der Waals surface area contributed by atoms with E-state index in [9.17, 15) is 0 Å². The van der Waals surface area contributed by atoms with Crippen LogP contribution in [0, 0.1) is 0 Å². The van der Waals surface area contributed by atoms with Crippen LogP contribution in [0.2, 0.25) is 0 Å². The molecule has 0 amide bonds. The Morgan fingerprint density at radius 1 is 0.231 bits per heavy atom. The van der Waals surface area contributed by atoms with Crippen LogP contribution in [0.5, 0.6) is 0 Å². The van der Waals surface area contributed by atoms with Crippen LogP contribution in [0.4, 0.5) is 34.1 Å². The van der Waals surface area contributed by atoms with E-state index in [1.54, 1.807) is 0 Å². The van der Waals surface area contributed by atoms with E-state index in [0.717, 1.165) is 28.4 Å². The maximum absolute atomic E-state index is 2.55. The zero-order valence-electron chi connectivity index (χ0n) is 42.6. The number of hydrogen-bond donors (Lipinski definition) is 0. The number of fused-ring (bicyclic) bond motifs is 9. The molecule has 0 bridgehead atoms. The molecule has 0 saturated heterocycles. The Morgan fingerprint density at radius 2 is 0.551 bits per heavy atom. The molecule has 0 fully saturated rings. The summed E-state index contributed by atoms with van der Waals surface area (Å²) in [6.07, 6.45) is 0. The van der Waals surface area contributed by atoms with Crippen LogP contribution in [-0.4, -0.2) is 11.3 Å². The van der Waals surface area contributed by atoms with Gasteiger partial charge in [-0.05, 0) is 155 Å². The lowest BCUT2D eigenvalue weighted by Crippen LogP contribution is -2.61. The third-order valence-electron chi connectivity index (χ3n) is 16.5. The van der Waals surface area contributed by atoms with Crippen molar-refractivity contribution < 1.29 is 0 Å². The van der Waals surface area contributed by atoms with Crippen molar-refractivity contribution in [2.75, 3.05) is 9.80 Å². The van der Waals surface area contributed by atoms with Gasteiger partial charge < -0.3 is 14.4 Å². The summed E-state index contributed by atoms with van der Waals surface area (Å²) >= 11 is 0. The summed E-state index contributed by atoms with van der Waals surface area (Å²) in [7, 11) is 0. The molecule has 3 nitrogen and oxygen atoms in total. The van der Waals surface area contributed by atoms with E-state index >= 15 is 0 Å². The molecule has 0 saturated carbocycles. The Morgan fingerprint density at radius 3 is 0.936 bits per heavy atom. The second-order valence-electron chi connectivity index (χ2n) is 20.9. The largest absolute Gasteiger partial charge is 0.311 e. The fraction of sp³-hybridized carbons (Fsp3) is 0. The number of benzene rings is 13. The molecule has 1 aromatic heterocycles. The molecule has 0 unspecified atom stereocenters. The molecule has 78 heavy (non-hydrogen) atoms. The van der Waals surface area contributed by atoms with E-state index in [4.69, 9.17) is 0 Å². The minimum Gasteiger partial charge on any atom is -0.311 e. The van der Waals surface area contributed by atoms with Gasteiger partial charge in [-0.25, -0.2) is 0 Å². The fourth-order valence-corrected chi connectivity index (χ4v) is 12.8. The highest BCUT2D eigenvalue weighted by atomic mass is 15.2. The van der Waals surface area contributed by atoms with Gasteiger partial charge in [-0.2, -0.15) is 0 Å². The van der Waals surface area contributed by atoms with Gasteiger partial charge in [-0.1, -0.05) is 218 Å². The average molecular weight is 990 g/mol. The van der Waals surface area contributed by atoms with Crippen molar-refractivity contribution in [3.05, 3.63) is 291 Å². The van der Waals surface area contributed by atoms with E-state index in [0.29, 0.717) is 0 Å². The van der Waals surface area contributed by atoms with Crippen molar-refractivity contribution in [1.29, 1.82) is 0 Å². The summed E-state index contributed by atoms with van der Waals surface area (Å²) in [5.74, 6) is 0. The van der Waals surface area contributed by atoms with Crippen molar-refractivity contribution in [3.63, 3.8) is 0 Å². The van der Waals surface area contributed by atoms with Crippen molar-refractivity contribution >= 4 is 101 Å². The van der Waals surface area contributed by atoms with Gasteiger partial charge in [0.05, 0.1) is 16.7 Å². The van der Waals surface area contributed by atoms with Crippen LogP contribution in [0.25, 0.3) is 93.5 Å². The highest BCUT2D eigenvalue weighted by Crippen LogP contribution is 2.48. The van der Waals surface area contributed by atoms with Crippen molar-refractivity contribution in [2.24, 2.45) is 0 Å². The number of hydrogen-bond acceptors (Lipinski definition) is 2. The lowest BCUT2D eigenvalue weighted by atomic mass is 9.33. The first-order valence-corrected chi connectivity index (χ1v) is 27.0. The zero-order chi connectivity index (χ0) is 51.3. The Bertz CT molecular complexity index is 4360. The molecule has 0 radical (unpaired) electrons. The van der Waals surface area contributed by atoms with Crippen molar-refractivity contribution in [1.82, 2.24) is 4.57 Å². The van der Waals surface area contributed by atoms with Crippen LogP contribution in [0.15, 0.2) is 291 Å². The first kappa shape index (κ1) is 44.2. The van der Waals surface area contributed by atoms with Gasteiger partial charge in [0.25, 0.3) is 6.71 Å². The monoisotopic (exact) mass is 989 g/mol. The number of anilines is 6. The summed E-state index contributed by atoms with van der Waals surface area (Å²) in [6.45, 7) is -0.118. The molecular weight excluding hydrogens is 942 g/mol. The topological polar surface area (TPSA) is 11.4 Å². The lowest BCUT2D eigenvalue weighted by molar-refractivity contribution is 1.16. The number of rotatable bonds is 7. The van der Waals surface area contributed by atoms with E-state index in [2.05, 4.69) is 306 Å². The molecule has 0 spiro atoms. The Hall–Kier alpha value is -10.2. The smallest absolute Gasteiger partial charge is 0.252 e. The number of aromatic nitrogens is 1. The third kappa shape index (κ3) is 7.07. The van der Waals surface area contributed by atoms with Gasteiger partial charge in [-0.3, -0.25) is 0 Å². The van der Waals surface area contributed by atoms with Gasteiger partial charge in [-0.15, -0.1) is 0 Å². The Kier molecular flexibility index (Phi) is 10.0. The first-order valence-electron chi connectivity index (χ1n) is 27.0. The van der Waals surface area contributed by atoms with E-state index in [1.807, 2.05) is 0 Å². The van der Waals surface area contributed by atoms with Gasteiger partial charge in [0.2, 0.25) is 0 Å². The molecule has 16 rings (SSSR count). The molecule has 362 valence electrons. The molecule has 14 aromatic rings. The lowest BCUT2D eigenvalue weighted by Gasteiger charge is -2.44. The molecule has 3 heterocycles. The quantitative estimate of drug-likeness (QED) is 0.147. The van der Waals surface area contributed by atoms with Crippen LogP contribution in [-0.2, 0) is 0 Å². The molecule has 0 atom stereocenters. The predicted molar refractivity (Wildman–Crippen MR) is 332 cm³/mol. The van der Waals surface area contributed by atoms with Gasteiger partial charge in [0.15, 0.2) is 0 Å². The highest BCUT2D eigenvalue weighted by Gasteiger charge is 2.44. The van der Waals surface area contributed by atoms with E-state index < -0.39 is 0 Å². The maximum atomic E-state index is 2.55. The SMILES string of the molecule is c1ccc(-c2ccc(N3c4ccc(-c5ccccc5)cc4B4c5cc(-c6ccccc6)ccc5N(c5ccc(-c6ccccc6)cc5)c5cc(-n6c7cc8ccccc8cc7c7cc8ccccc8cc76)cc3c54)cc2)cc1. The molecule has 13 aromatic carbocycles. The summed E-state index contributed by atoms with van der Waals surface area (Å²) in [6, 6.07) is 108. The van der Waals surface area contributed by atoms with Crippen molar-refractivity contribution in [2.45, 2.75) is 0 Å². The van der Waals surface area contributed by atoms with Crippen molar-refractivity contribution in [3.8, 4) is 50.2 Å². The van der Waals surface area contributed by atoms with Crippen LogP contribution in [0.3, 0.4) is 0 Å². The Balaban J connectivity index is 1.03. The van der Waals surface area contributed by atoms with Crippen LogP contribution in [0.1, 0.15) is 0 Å². The zero-order valence-corrected chi connectivity index (χ0v) is 42.6. The predicted octanol–water partition coefficient (Wildman–Crippen LogP) is 17.8. The molecule has 0 N–H and O–H groups in total. The first-order chi connectivity index (χ1) is 38.7. The Labute approximate surface area is 453 Å². The van der Waals surface area contributed by atoms with E-state index in [-0.39, 0.29) is 6.71 Å². The minimum atomic E-state index is -0.118. The average Bonchev–Trinajstić information content (AvgIpc) is 3.77. The molecule has 2 aliphatic heterocycles. The second-order valence-corrected chi connectivity index (χ2v) is 20.9. The molecule has 4 heteroatoms. The van der Waals surface area contributed by atoms with Gasteiger partial charge >= 0.3 is 0 Å². The summed E-state index contributed by atoms with van der Waals surface area (Å²) in [5.41, 5.74) is 23.6. The van der Waals surface area contributed by atoms with Gasteiger partial charge in [0.1, 0.15) is 0 Å². The maximum Gasteiger partial charge on any atom is 0.252 e. The summed E-state index contributed by atoms with van der Waals surface area (Å²) in [5, 5.41) is 7.35. The highest BCUT2D eigenvalue weighted by molar-refractivity contribution is 7.00. The summed E-state index contributed by atoms with van der Waals surface area (Å²) < 4.78 is 2.55. The van der Waals surface area contributed by atoms with Crippen LogP contribution >= 0.6 is 0 Å². The fourth-order valence-electron chi connectivity index (χ4n) is 12.8. The second kappa shape index (κ2) is 17.7. The molecular formula is C74H48BN3. The minimum absolute atomic E-state index is 0.118. The van der Waals surface area contributed by atoms with E-state index in [1.165, 1.54) is 116 Å². The van der Waals surface area contributed by atoms with Crippen LogP contribution < -0.4 is 26.2 Å². The third-order valence-corrected chi connectivity index (χ3v) is 16.5. The summed E-state index contributed by atoms with van der Waals surface area (Å²) in [4.78, 5) is 5.11. The molecule has 0 aliphatic carbocycles. The normalized spacial score (nSPS) is 12.5.